The number of esters is 1. The van der Waals surface area contributed by atoms with Gasteiger partial charge in [0.25, 0.3) is 0 Å². The van der Waals surface area contributed by atoms with E-state index in [4.69, 9.17) is 18.9 Å². The second kappa shape index (κ2) is 11.3. The Hall–Kier alpha value is -3.82. The van der Waals surface area contributed by atoms with Crippen LogP contribution in [0.5, 0.6) is 11.5 Å². The number of hydrogen-bond acceptors (Lipinski definition) is 8. The van der Waals surface area contributed by atoms with E-state index in [-0.39, 0.29) is 18.1 Å². The third-order valence-corrected chi connectivity index (χ3v) is 7.95. The highest BCUT2D eigenvalue weighted by Gasteiger charge is 2.28. The molecule has 1 fully saturated rings. The van der Waals surface area contributed by atoms with Crippen LogP contribution in [0.15, 0.2) is 48.5 Å². The smallest absolute Gasteiger partial charge is 0.415 e. The molecule has 3 aromatic rings. The van der Waals surface area contributed by atoms with Gasteiger partial charge in [0, 0.05) is 46.4 Å². The van der Waals surface area contributed by atoms with Gasteiger partial charge >= 0.3 is 12.1 Å². The van der Waals surface area contributed by atoms with Crippen LogP contribution in [0, 0.1) is 6.92 Å². The van der Waals surface area contributed by atoms with Crippen molar-refractivity contribution in [3.05, 3.63) is 69.4 Å². The Morgan fingerprint density at radius 1 is 1.05 bits per heavy atom. The number of carbonyl (C=O) groups excluding carboxylic acids is 2. The van der Waals surface area contributed by atoms with Gasteiger partial charge in [0.15, 0.2) is 0 Å². The van der Waals surface area contributed by atoms with Gasteiger partial charge in [-0.15, -0.1) is 11.3 Å². The van der Waals surface area contributed by atoms with E-state index in [1.54, 1.807) is 30.2 Å². The number of amides is 1. The lowest BCUT2D eigenvalue weighted by atomic mass is 9.85. The lowest BCUT2D eigenvalue weighted by Crippen LogP contribution is -2.42. The summed E-state index contributed by atoms with van der Waals surface area (Å²) >= 11 is 1.41. The van der Waals surface area contributed by atoms with Crippen molar-refractivity contribution >= 4 is 34.7 Å². The first-order valence-corrected chi connectivity index (χ1v) is 14.1. The number of hydrogen-bond donors (Lipinski definition) is 1. The number of aryl methyl sites for hydroxylation is 1. The molecule has 210 valence electrons. The minimum absolute atomic E-state index is 0.0818. The maximum Gasteiger partial charge on any atom is 0.415 e. The fraction of sp³-hybridized carbons (Fsp3) is 0.355. The number of morpholine rings is 1. The first-order chi connectivity index (χ1) is 19.1. The number of anilines is 1. The number of ether oxygens (including phenoxy) is 4. The van der Waals surface area contributed by atoms with Gasteiger partial charge in [0.1, 0.15) is 23.0 Å². The number of nitrogens with one attached hydrogen (secondary N) is 1. The highest BCUT2D eigenvalue weighted by Crippen LogP contribution is 2.43. The lowest BCUT2D eigenvalue weighted by Gasteiger charge is -2.33. The third kappa shape index (κ3) is 5.85. The number of methoxy groups -OCH3 is 1. The third-order valence-electron chi connectivity index (χ3n) is 6.97. The van der Waals surface area contributed by atoms with Gasteiger partial charge < -0.3 is 29.2 Å². The molecule has 9 heteroatoms. The van der Waals surface area contributed by atoms with E-state index < -0.39 is 6.09 Å². The molecule has 0 aliphatic carbocycles. The molecule has 0 unspecified atom stereocenters. The minimum atomic E-state index is -0.419. The fourth-order valence-electron chi connectivity index (χ4n) is 5.22. The minimum Gasteiger partial charge on any atom is -0.496 e. The predicted molar refractivity (Wildman–Crippen MR) is 156 cm³/mol. The quantitative estimate of drug-likeness (QED) is 0.342. The molecule has 5 rings (SSSR count). The van der Waals surface area contributed by atoms with Crippen molar-refractivity contribution in [3.8, 4) is 22.6 Å². The van der Waals surface area contributed by atoms with E-state index in [1.165, 1.54) is 11.3 Å². The lowest BCUT2D eigenvalue weighted by molar-refractivity contribution is 0.0416. The van der Waals surface area contributed by atoms with Crippen molar-refractivity contribution in [2.24, 2.45) is 0 Å². The first kappa shape index (κ1) is 27.7. The largest absolute Gasteiger partial charge is 0.496 e. The van der Waals surface area contributed by atoms with E-state index in [2.05, 4.69) is 32.2 Å². The van der Waals surface area contributed by atoms with Crippen molar-refractivity contribution in [1.82, 2.24) is 4.90 Å². The zero-order valence-corrected chi connectivity index (χ0v) is 24.3. The number of thiophene rings is 1. The number of rotatable bonds is 6. The summed E-state index contributed by atoms with van der Waals surface area (Å²) in [6, 6.07) is 13.1. The first-order valence-electron chi connectivity index (χ1n) is 13.3. The monoisotopic (exact) mass is 562 g/mol. The standard InChI is InChI=1S/C31H34N2O6S/c1-19-17-31(3,4)32-25-10-9-22(24(28(19)25)18-38-29(34)27-11-6-20(2)40-27)23-8-7-21(16-26(23)36-5)39-30(35)33-12-14-37-15-13-33/h6-11,16-17,32H,12-15,18H2,1-5H3. The van der Waals surface area contributed by atoms with Gasteiger partial charge in [-0.2, -0.15) is 0 Å². The Morgan fingerprint density at radius 2 is 1.80 bits per heavy atom. The molecule has 1 N–H and O–H groups in total. The number of allylic oxidation sites excluding steroid dienone is 1. The van der Waals surface area contributed by atoms with Gasteiger partial charge in [-0.05, 0) is 69.2 Å². The van der Waals surface area contributed by atoms with E-state index in [9.17, 15) is 9.59 Å². The SMILES string of the molecule is COc1cc(OC(=O)N2CCOCC2)ccc1-c1ccc2c(c1COC(=O)c1ccc(C)s1)C(C)=CC(C)(C)N2. The van der Waals surface area contributed by atoms with Crippen LogP contribution in [0.2, 0.25) is 0 Å². The summed E-state index contributed by atoms with van der Waals surface area (Å²) in [6.45, 7) is 10.3. The molecule has 0 bridgehead atoms. The van der Waals surface area contributed by atoms with Crippen molar-refractivity contribution in [2.45, 2.75) is 39.8 Å². The van der Waals surface area contributed by atoms with Crippen LogP contribution >= 0.6 is 11.3 Å². The summed E-state index contributed by atoms with van der Waals surface area (Å²) in [5.41, 5.74) is 5.38. The number of benzene rings is 2. The highest BCUT2D eigenvalue weighted by molar-refractivity contribution is 7.13. The topological polar surface area (TPSA) is 86.3 Å². The molecule has 2 aliphatic rings. The Bertz CT molecular complexity index is 1470. The second-order valence-electron chi connectivity index (χ2n) is 10.5. The zero-order valence-electron chi connectivity index (χ0n) is 23.5. The Morgan fingerprint density at radius 3 is 2.50 bits per heavy atom. The van der Waals surface area contributed by atoms with Gasteiger partial charge in [-0.25, -0.2) is 9.59 Å². The molecule has 1 saturated heterocycles. The maximum atomic E-state index is 12.9. The molecule has 40 heavy (non-hydrogen) atoms. The Balaban J connectivity index is 1.50. The normalized spacial score (nSPS) is 15.9. The molecule has 2 aromatic carbocycles. The summed E-state index contributed by atoms with van der Waals surface area (Å²) in [5, 5.41) is 3.58. The second-order valence-corrected chi connectivity index (χ2v) is 11.8. The van der Waals surface area contributed by atoms with E-state index in [0.717, 1.165) is 38.4 Å². The molecule has 3 heterocycles. The highest BCUT2D eigenvalue weighted by atomic mass is 32.1. The van der Waals surface area contributed by atoms with Crippen LogP contribution < -0.4 is 14.8 Å². The van der Waals surface area contributed by atoms with Crippen molar-refractivity contribution < 1.29 is 28.5 Å². The Labute approximate surface area is 238 Å². The molecule has 0 saturated carbocycles. The fourth-order valence-corrected chi connectivity index (χ4v) is 5.98. The summed E-state index contributed by atoms with van der Waals surface area (Å²) in [5.74, 6) is 0.569. The predicted octanol–water partition coefficient (Wildman–Crippen LogP) is 6.53. The molecule has 2 aliphatic heterocycles. The van der Waals surface area contributed by atoms with Crippen LogP contribution in [-0.2, 0) is 16.1 Å². The summed E-state index contributed by atoms with van der Waals surface area (Å²) in [6.07, 6.45) is 1.76. The van der Waals surface area contributed by atoms with Crippen molar-refractivity contribution in [2.75, 3.05) is 38.7 Å². The summed E-state index contributed by atoms with van der Waals surface area (Å²) < 4.78 is 22.6. The van der Waals surface area contributed by atoms with Crippen molar-refractivity contribution in [1.29, 1.82) is 0 Å². The summed E-state index contributed by atoms with van der Waals surface area (Å²) in [7, 11) is 1.58. The van der Waals surface area contributed by atoms with Gasteiger partial charge in [0.2, 0.25) is 0 Å². The number of fused-ring (bicyclic) bond motifs is 1. The van der Waals surface area contributed by atoms with Gasteiger partial charge in [-0.3, -0.25) is 0 Å². The number of carbonyl (C=O) groups is 2. The molecule has 0 spiro atoms. The van der Waals surface area contributed by atoms with Crippen LogP contribution in [0.3, 0.4) is 0 Å². The zero-order chi connectivity index (χ0) is 28.4. The van der Waals surface area contributed by atoms with Gasteiger partial charge in [-0.1, -0.05) is 12.1 Å². The average Bonchev–Trinajstić information content (AvgIpc) is 3.37. The number of nitrogens with zero attached hydrogens (tertiary/aromatic N) is 1. The Kier molecular flexibility index (Phi) is 7.87. The van der Waals surface area contributed by atoms with Crippen LogP contribution in [0.4, 0.5) is 10.5 Å². The van der Waals surface area contributed by atoms with Crippen LogP contribution in [0.1, 0.15) is 46.4 Å². The average molecular weight is 563 g/mol. The van der Waals surface area contributed by atoms with E-state index in [1.807, 2.05) is 31.2 Å². The molecule has 0 atom stereocenters. The van der Waals surface area contributed by atoms with Gasteiger partial charge in [0.05, 0.1) is 25.9 Å². The van der Waals surface area contributed by atoms with E-state index in [0.29, 0.717) is 42.7 Å². The molecular weight excluding hydrogens is 528 g/mol. The van der Waals surface area contributed by atoms with Crippen LogP contribution in [-0.4, -0.2) is 55.9 Å². The molecule has 1 aromatic heterocycles. The van der Waals surface area contributed by atoms with E-state index >= 15 is 0 Å². The molecule has 1 amide bonds. The van der Waals surface area contributed by atoms with Crippen LogP contribution in [0.25, 0.3) is 16.7 Å². The maximum absolute atomic E-state index is 12.9. The van der Waals surface area contributed by atoms with Crippen molar-refractivity contribution in [3.63, 3.8) is 0 Å². The molecule has 8 nitrogen and oxygen atoms in total. The molecule has 0 radical (unpaired) electrons. The summed E-state index contributed by atoms with van der Waals surface area (Å²) in [4.78, 5) is 28.8. The molecular formula is C31H34N2O6S.